The molecule has 0 aliphatic rings. The van der Waals surface area contributed by atoms with Crippen LogP contribution in [-0.4, -0.2) is 12.5 Å². The fourth-order valence-corrected chi connectivity index (χ4v) is 1.98. The van der Waals surface area contributed by atoms with E-state index in [0.717, 1.165) is 18.5 Å². The Balaban J connectivity index is 2.00. The zero-order chi connectivity index (χ0) is 13.1. The van der Waals surface area contributed by atoms with Crippen LogP contribution in [0.4, 0.5) is 0 Å². The summed E-state index contributed by atoms with van der Waals surface area (Å²) in [5, 5.41) is 2.96. The molecule has 1 aromatic carbocycles. The minimum atomic E-state index is 0.0431. The molecule has 100 valence electrons. The van der Waals surface area contributed by atoms with Crippen LogP contribution in [0, 0.1) is 0 Å². The molecule has 0 spiro atoms. The van der Waals surface area contributed by atoms with E-state index in [4.69, 9.17) is 0 Å². The summed E-state index contributed by atoms with van der Waals surface area (Å²) in [4.78, 5) is 11.7. The van der Waals surface area contributed by atoms with E-state index in [0.29, 0.717) is 0 Å². The van der Waals surface area contributed by atoms with Crippen molar-refractivity contribution in [3.05, 3.63) is 35.9 Å². The number of rotatable bonds is 9. The summed E-state index contributed by atoms with van der Waals surface area (Å²) in [7, 11) is 0. The van der Waals surface area contributed by atoms with E-state index in [2.05, 4.69) is 12.2 Å². The van der Waals surface area contributed by atoms with Gasteiger partial charge in [0.15, 0.2) is 0 Å². The average molecular weight is 247 g/mol. The molecular formula is C16H25NO. The van der Waals surface area contributed by atoms with Crippen molar-refractivity contribution in [2.75, 3.05) is 6.54 Å². The highest BCUT2D eigenvalue weighted by Crippen LogP contribution is 2.06. The zero-order valence-corrected chi connectivity index (χ0v) is 11.5. The van der Waals surface area contributed by atoms with Crippen molar-refractivity contribution >= 4 is 5.91 Å². The molecule has 0 aliphatic heterocycles. The minimum absolute atomic E-state index is 0.0431. The van der Waals surface area contributed by atoms with Crippen molar-refractivity contribution < 1.29 is 4.79 Å². The summed E-state index contributed by atoms with van der Waals surface area (Å²) in [6, 6.07) is 9.40. The van der Waals surface area contributed by atoms with Crippen LogP contribution in [0.3, 0.4) is 0 Å². The van der Waals surface area contributed by atoms with Crippen LogP contribution >= 0.6 is 0 Å². The van der Waals surface area contributed by atoms with Gasteiger partial charge in [0.1, 0.15) is 0 Å². The molecule has 0 saturated carbocycles. The highest BCUT2D eigenvalue weighted by atomic mass is 16.1. The fourth-order valence-electron chi connectivity index (χ4n) is 1.98. The van der Waals surface area contributed by atoms with Crippen LogP contribution in [0.15, 0.2) is 30.3 Å². The van der Waals surface area contributed by atoms with Crippen molar-refractivity contribution in [2.45, 2.75) is 51.9 Å². The number of carbonyl (C=O) groups excluding carboxylic acids is 1. The first-order valence-electron chi connectivity index (χ1n) is 7.18. The molecule has 0 radical (unpaired) electrons. The van der Waals surface area contributed by atoms with Crippen molar-refractivity contribution in [2.24, 2.45) is 0 Å². The normalized spacial score (nSPS) is 10.3. The largest absolute Gasteiger partial charge is 0.352 e. The van der Waals surface area contributed by atoms with Crippen LogP contribution in [0.5, 0.6) is 0 Å². The van der Waals surface area contributed by atoms with Crippen LogP contribution in [-0.2, 0) is 0 Å². The Morgan fingerprint density at radius 2 is 1.56 bits per heavy atom. The summed E-state index contributed by atoms with van der Waals surface area (Å²) in [5.41, 5.74) is 0.750. The Hall–Kier alpha value is -1.31. The van der Waals surface area contributed by atoms with Gasteiger partial charge in [-0.15, -0.1) is 0 Å². The second-order valence-corrected chi connectivity index (χ2v) is 4.74. The van der Waals surface area contributed by atoms with E-state index in [1.807, 2.05) is 30.3 Å². The van der Waals surface area contributed by atoms with Crippen molar-refractivity contribution in [1.82, 2.24) is 5.32 Å². The molecule has 1 N–H and O–H groups in total. The summed E-state index contributed by atoms with van der Waals surface area (Å²) < 4.78 is 0. The maximum atomic E-state index is 11.7. The van der Waals surface area contributed by atoms with Gasteiger partial charge in [-0.2, -0.15) is 0 Å². The number of unbranched alkanes of at least 4 members (excludes halogenated alkanes) is 6. The van der Waals surface area contributed by atoms with Crippen LogP contribution < -0.4 is 5.32 Å². The summed E-state index contributed by atoms with van der Waals surface area (Å²) >= 11 is 0. The lowest BCUT2D eigenvalue weighted by Crippen LogP contribution is -2.24. The Morgan fingerprint density at radius 1 is 0.944 bits per heavy atom. The van der Waals surface area contributed by atoms with Gasteiger partial charge in [-0.25, -0.2) is 0 Å². The van der Waals surface area contributed by atoms with E-state index in [9.17, 15) is 4.79 Å². The van der Waals surface area contributed by atoms with Crippen molar-refractivity contribution in [3.63, 3.8) is 0 Å². The highest BCUT2D eigenvalue weighted by molar-refractivity contribution is 5.94. The number of nitrogens with one attached hydrogen (secondary N) is 1. The summed E-state index contributed by atoms with van der Waals surface area (Å²) in [6.45, 7) is 3.03. The van der Waals surface area contributed by atoms with E-state index in [1.165, 1.54) is 38.5 Å². The molecule has 2 nitrogen and oxygen atoms in total. The Labute approximate surface area is 111 Å². The second-order valence-electron chi connectivity index (χ2n) is 4.74. The van der Waals surface area contributed by atoms with Gasteiger partial charge in [-0.1, -0.05) is 63.6 Å². The first-order valence-corrected chi connectivity index (χ1v) is 7.18. The number of benzene rings is 1. The van der Waals surface area contributed by atoms with Crippen LogP contribution in [0.2, 0.25) is 0 Å². The molecule has 1 aromatic rings. The van der Waals surface area contributed by atoms with Gasteiger partial charge in [0.2, 0.25) is 0 Å². The monoisotopic (exact) mass is 247 g/mol. The maximum Gasteiger partial charge on any atom is 0.251 e. The second kappa shape index (κ2) is 9.69. The summed E-state index contributed by atoms with van der Waals surface area (Å²) in [5.74, 6) is 0.0431. The molecule has 0 saturated heterocycles. The van der Waals surface area contributed by atoms with E-state index >= 15 is 0 Å². The predicted molar refractivity (Wildman–Crippen MR) is 76.8 cm³/mol. The average Bonchev–Trinajstić information content (AvgIpc) is 2.42. The molecule has 0 atom stereocenters. The SMILES string of the molecule is CCCCCCCCCNC(=O)c1ccccc1. The third-order valence-electron chi connectivity index (χ3n) is 3.10. The van der Waals surface area contributed by atoms with E-state index in [-0.39, 0.29) is 5.91 Å². The zero-order valence-electron chi connectivity index (χ0n) is 11.5. The molecule has 18 heavy (non-hydrogen) atoms. The Bertz CT molecular complexity index is 321. The molecule has 2 heteroatoms. The lowest BCUT2D eigenvalue weighted by molar-refractivity contribution is 0.0953. The lowest BCUT2D eigenvalue weighted by atomic mass is 10.1. The Kier molecular flexibility index (Phi) is 7.94. The lowest BCUT2D eigenvalue weighted by Gasteiger charge is -2.05. The number of hydrogen-bond donors (Lipinski definition) is 1. The molecule has 0 aromatic heterocycles. The predicted octanol–water partition coefficient (Wildman–Crippen LogP) is 4.17. The quantitative estimate of drug-likeness (QED) is 0.652. The maximum absolute atomic E-state index is 11.7. The van der Waals surface area contributed by atoms with Gasteiger partial charge in [0, 0.05) is 12.1 Å². The summed E-state index contributed by atoms with van der Waals surface area (Å²) in [6.07, 6.45) is 8.94. The van der Waals surface area contributed by atoms with E-state index < -0.39 is 0 Å². The van der Waals surface area contributed by atoms with Gasteiger partial charge in [0.05, 0.1) is 0 Å². The first-order chi connectivity index (χ1) is 8.84. The van der Waals surface area contributed by atoms with Gasteiger partial charge in [0.25, 0.3) is 5.91 Å². The fraction of sp³-hybridized carbons (Fsp3) is 0.562. The van der Waals surface area contributed by atoms with Crippen molar-refractivity contribution in [3.8, 4) is 0 Å². The number of hydrogen-bond acceptors (Lipinski definition) is 1. The third-order valence-corrected chi connectivity index (χ3v) is 3.10. The van der Waals surface area contributed by atoms with Gasteiger partial charge in [-0.3, -0.25) is 4.79 Å². The van der Waals surface area contributed by atoms with Gasteiger partial charge < -0.3 is 5.32 Å². The first kappa shape index (κ1) is 14.7. The third kappa shape index (κ3) is 6.43. The Morgan fingerprint density at radius 3 is 2.22 bits per heavy atom. The standard InChI is InChI=1S/C16H25NO/c1-2-3-4-5-6-7-11-14-17-16(18)15-12-9-8-10-13-15/h8-10,12-13H,2-7,11,14H2,1H3,(H,17,18). The smallest absolute Gasteiger partial charge is 0.251 e. The highest BCUT2D eigenvalue weighted by Gasteiger charge is 2.02. The van der Waals surface area contributed by atoms with Crippen molar-refractivity contribution in [1.29, 1.82) is 0 Å². The molecule has 0 bridgehead atoms. The van der Waals surface area contributed by atoms with Gasteiger partial charge in [-0.05, 0) is 18.6 Å². The molecule has 0 unspecified atom stereocenters. The topological polar surface area (TPSA) is 29.1 Å². The minimum Gasteiger partial charge on any atom is -0.352 e. The molecule has 1 amide bonds. The van der Waals surface area contributed by atoms with Crippen LogP contribution in [0.25, 0.3) is 0 Å². The molecular weight excluding hydrogens is 222 g/mol. The van der Waals surface area contributed by atoms with Crippen LogP contribution in [0.1, 0.15) is 62.2 Å². The molecule has 0 fully saturated rings. The molecule has 0 aliphatic carbocycles. The number of amides is 1. The van der Waals surface area contributed by atoms with E-state index in [1.54, 1.807) is 0 Å². The number of carbonyl (C=O) groups is 1. The molecule has 0 heterocycles. The molecule has 1 rings (SSSR count). The van der Waals surface area contributed by atoms with Gasteiger partial charge >= 0.3 is 0 Å².